The highest BCUT2D eigenvalue weighted by atomic mass is 19.1. The van der Waals surface area contributed by atoms with Crippen molar-refractivity contribution in [2.75, 3.05) is 38.8 Å². The second kappa shape index (κ2) is 8.01. The van der Waals surface area contributed by atoms with Crippen LogP contribution in [0.2, 0.25) is 0 Å². The largest absolute Gasteiger partial charge is 0.490 e. The van der Waals surface area contributed by atoms with Gasteiger partial charge in [-0.25, -0.2) is 4.39 Å². The molecule has 0 aliphatic carbocycles. The van der Waals surface area contributed by atoms with Gasteiger partial charge in [0.15, 0.2) is 11.6 Å². The molecule has 0 saturated carbocycles. The maximum Gasteiger partial charge on any atom is 0.313 e. The monoisotopic (exact) mass is 297 g/mol. The lowest BCUT2D eigenvalue weighted by molar-refractivity contribution is -0.385. The molecule has 0 aliphatic heterocycles. The Morgan fingerprint density at radius 2 is 2.14 bits per heavy atom. The maximum atomic E-state index is 14.1. The van der Waals surface area contributed by atoms with Crippen molar-refractivity contribution in [3.63, 3.8) is 0 Å². The molecule has 21 heavy (non-hydrogen) atoms. The highest BCUT2D eigenvalue weighted by Crippen LogP contribution is 2.34. The van der Waals surface area contributed by atoms with Crippen LogP contribution in [0.25, 0.3) is 0 Å². The number of nitro groups is 1. The van der Waals surface area contributed by atoms with Crippen LogP contribution < -0.4 is 9.64 Å². The summed E-state index contributed by atoms with van der Waals surface area (Å²) in [7, 11) is 2.79. The number of benzene rings is 1. The highest BCUT2D eigenvalue weighted by molar-refractivity contribution is 5.60. The van der Waals surface area contributed by atoms with Gasteiger partial charge in [0.25, 0.3) is 0 Å². The topological polar surface area (TPSA) is 88.6 Å². The van der Waals surface area contributed by atoms with Crippen LogP contribution in [0.1, 0.15) is 6.42 Å². The Balaban J connectivity index is 3.17. The van der Waals surface area contributed by atoms with Gasteiger partial charge in [0.2, 0.25) is 0 Å². The Bertz CT molecular complexity index is 545. The van der Waals surface area contributed by atoms with E-state index in [-0.39, 0.29) is 24.4 Å². The Labute approximate surface area is 121 Å². The fraction of sp³-hybridized carbons (Fsp3) is 0.462. The molecule has 1 aromatic carbocycles. The van der Waals surface area contributed by atoms with Crippen molar-refractivity contribution in [1.82, 2.24) is 0 Å². The lowest BCUT2D eigenvalue weighted by Crippen LogP contribution is -2.29. The Hall–Kier alpha value is -2.40. The summed E-state index contributed by atoms with van der Waals surface area (Å²) in [4.78, 5) is 11.7. The predicted octanol–water partition coefficient (Wildman–Crippen LogP) is 2.11. The van der Waals surface area contributed by atoms with Crippen LogP contribution in [-0.4, -0.2) is 38.8 Å². The van der Waals surface area contributed by atoms with Crippen LogP contribution >= 0.6 is 0 Å². The zero-order valence-corrected chi connectivity index (χ0v) is 11.8. The minimum absolute atomic E-state index is 0.0317. The summed E-state index contributed by atoms with van der Waals surface area (Å²) in [5.74, 6) is -0.771. The van der Waals surface area contributed by atoms with E-state index in [0.29, 0.717) is 13.2 Å². The number of methoxy groups -OCH3 is 2. The molecule has 0 N–H and O–H groups in total. The SMILES string of the molecule is COCCN(CCC#N)c1cc(OC)c([N+](=O)[O-])cc1F. The van der Waals surface area contributed by atoms with Crippen LogP contribution in [-0.2, 0) is 4.74 Å². The van der Waals surface area contributed by atoms with E-state index in [0.717, 1.165) is 6.07 Å². The molecule has 0 spiro atoms. The van der Waals surface area contributed by atoms with E-state index < -0.39 is 16.4 Å². The first kappa shape index (κ1) is 16.7. The molecule has 7 nitrogen and oxygen atoms in total. The summed E-state index contributed by atoms with van der Waals surface area (Å²) in [6.07, 6.45) is 0.197. The van der Waals surface area contributed by atoms with Gasteiger partial charge < -0.3 is 14.4 Å². The third kappa shape index (κ3) is 4.29. The van der Waals surface area contributed by atoms with Crippen molar-refractivity contribution < 1.29 is 18.8 Å². The van der Waals surface area contributed by atoms with E-state index in [1.165, 1.54) is 20.3 Å². The van der Waals surface area contributed by atoms with Crippen molar-refractivity contribution in [2.45, 2.75) is 6.42 Å². The third-order valence-corrected chi connectivity index (χ3v) is 2.84. The molecule has 0 unspecified atom stereocenters. The van der Waals surface area contributed by atoms with Gasteiger partial charge in [-0.15, -0.1) is 0 Å². The Morgan fingerprint density at radius 1 is 1.43 bits per heavy atom. The number of hydrogen-bond acceptors (Lipinski definition) is 6. The molecule has 0 saturated heterocycles. The highest BCUT2D eigenvalue weighted by Gasteiger charge is 2.22. The third-order valence-electron chi connectivity index (χ3n) is 2.84. The van der Waals surface area contributed by atoms with Crippen LogP contribution in [0.4, 0.5) is 15.8 Å². The van der Waals surface area contributed by atoms with Gasteiger partial charge in [0.05, 0.1) is 42.9 Å². The van der Waals surface area contributed by atoms with E-state index >= 15 is 0 Å². The second-order valence-corrected chi connectivity index (χ2v) is 4.12. The average Bonchev–Trinajstić information content (AvgIpc) is 2.47. The number of ether oxygens (including phenoxy) is 2. The van der Waals surface area contributed by atoms with Gasteiger partial charge in [-0.1, -0.05) is 0 Å². The summed E-state index contributed by atoms with van der Waals surface area (Å²) in [5, 5.41) is 19.5. The lowest BCUT2D eigenvalue weighted by Gasteiger charge is -2.24. The van der Waals surface area contributed by atoms with Crippen molar-refractivity contribution in [1.29, 1.82) is 5.26 Å². The van der Waals surface area contributed by atoms with Crippen molar-refractivity contribution >= 4 is 11.4 Å². The Kier molecular flexibility index (Phi) is 6.36. The number of nitriles is 1. The van der Waals surface area contributed by atoms with E-state index in [9.17, 15) is 14.5 Å². The molecular weight excluding hydrogens is 281 g/mol. The number of anilines is 1. The van der Waals surface area contributed by atoms with Crippen LogP contribution in [0.5, 0.6) is 5.75 Å². The molecule has 0 radical (unpaired) electrons. The predicted molar refractivity (Wildman–Crippen MR) is 73.9 cm³/mol. The van der Waals surface area contributed by atoms with E-state index in [1.807, 2.05) is 6.07 Å². The summed E-state index contributed by atoms with van der Waals surface area (Å²) in [6, 6.07) is 4.06. The van der Waals surface area contributed by atoms with Crippen LogP contribution in [0, 0.1) is 27.3 Å². The zero-order chi connectivity index (χ0) is 15.8. The fourth-order valence-electron chi connectivity index (χ4n) is 1.82. The molecule has 0 fully saturated rings. The lowest BCUT2D eigenvalue weighted by atomic mass is 10.2. The first-order valence-electron chi connectivity index (χ1n) is 6.17. The van der Waals surface area contributed by atoms with Gasteiger partial charge in [0.1, 0.15) is 0 Å². The summed E-state index contributed by atoms with van der Waals surface area (Å²) in [6.45, 7) is 0.984. The number of nitro benzene ring substituents is 1. The number of rotatable bonds is 8. The second-order valence-electron chi connectivity index (χ2n) is 4.12. The van der Waals surface area contributed by atoms with Crippen molar-refractivity contribution in [3.8, 4) is 11.8 Å². The Morgan fingerprint density at radius 3 is 2.67 bits per heavy atom. The van der Waals surface area contributed by atoms with Crippen molar-refractivity contribution in [3.05, 3.63) is 28.1 Å². The molecule has 0 aromatic heterocycles. The molecule has 0 amide bonds. The van der Waals surface area contributed by atoms with Crippen LogP contribution in [0.3, 0.4) is 0 Å². The van der Waals surface area contributed by atoms with Gasteiger partial charge >= 0.3 is 5.69 Å². The first-order chi connectivity index (χ1) is 10.0. The van der Waals surface area contributed by atoms with Crippen LogP contribution in [0.15, 0.2) is 12.1 Å². The molecule has 0 heterocycles. The molecule has 1 aromatic rings. The molecule has 0 atom stereocenters. The molecule has 1 rings (SSSR count). The minimum atomic E-state index is -0.739. The molecule has 0 aliphatic rings. The quantitative estimate of drug-likeness (QED) is 0.539. The summed E-state index contributed by atoms with van der Waals surface area (Å²) < 4.78 is 24.0. The summed E-state index contributed by atoms with van der Waals surface area (Å²) in [5.41, 5.74) is -0.296. The maximum absolute atomic E-state index is 14.1. The van der Waals surface area contributed by atoms with Gasteiger partial charge in [0, 0.05) is 26.3 Å². The fourth-order valence-corrected chi connectivity index (χ4v) is 1.82. The first-order valence-corrected chi connectivity index (χ1v) is 6.17. The van der Waals surface area contributed by atoms with E-state index in [1.54, 1.807) is 4.90 Å². The van der Waals surface area contributed by atoms with E-state index in [2.05, 4.69) is 0 Å². The standard InChI is InChI=1S/C13H16FN3O4/c1-20-7-6-16(5-3-4-15)11-9-13(21-2)12(17(18)19)8-10(11)14/h8-9H,3,5-7H2,1-2H3. The molecular formula is C13H16FN3O4. The van der Waals surface area contributed by atoms with Gasteiger partial charge in [-0.3, -0.25) is 10.1 Å². The number of nitrogens with zero attached hydrogens (tertiary/aromatic N) is 3. The molecule has 114 valence electrons. The van der Waals surface area contributed by atoms with E-state index in [4.69, 9.17) is 14.7 Å². The summed E-state index contributed by atoms with van der Waals surface area (Å²) >= 11 is 0. The van der Waals surface area contributed by atoms with Crippen molar-refractivity contribution in [2.24, 2.45) is 0 Å². The zero-order valence-electron chi connectivity index (χ0n) is 11.8. The molecule has 8 heteroatoms. The smallest absolute Gasteiger partial charge is 0.313 e. The molecule has 0 bridgehead atoms. The van der Waals surface area contributed by atoms with Gasteiger partial charge in [-0.05, 0) is 0 Å². The number of hydrogen-bond donors (Lipinski definition) is 0. The van der Waals surface area contributed by atoms with Gasteiger partial charge in [-0.2, -0.15) is 5.26 Å². The number of halogens is 1. The normalized spacial score (nSPS) is 10.0. The minimum Gasteiger partial charge on any atom is -0.490 e. The average molecular weight is 297 g/mol.